The maximum atomic E-state index is 13.6. The predicted octanol–water partition coefficient (Wildman–Crippen LogP) is 6.22. The molecule has 3 rings (SSSR count). The van der Waals surface area contributed by atoms with Gasteiger partial charge < -0.3 is 5.32 Å². The van der Waals surface area contributed by atoms with Crippen molar-refractivity contribution in [2.75, 3.05) is 5.32 Å². The van der Waals surface area contributed by atoms with Crippen molar-refractivity contribution in [3.63, 3.8) is 0 Å². The summed E-state index contributed by atoms with van der Waals surface area (Å²) < 4.78 is 14.1. The standard InChI is InChI=1S/C16H13BrFNS2/c1-10-8-12(18)11(17)9-13(10)19-16(14-4-2-6-20-14)15-5-3-7-21-15/h2-9,16,19H,1H3. The van der Waals surface area contributed by atoms with Crippen LogP contribution in [0.4, 0.5) is 10.1 Å². The molecule has 0 spiro atoms. The Morgan fingerprint density at radius 2 is 1.71 bits per heavy atom. The molecule has 0 saturated carbocycles. The SMILES string of the molecule is Cc1cc(F)c(Br)cc1NC(c1cccs1)c1cccs1. The monoisotopic (exact) mass is 381 g/mol. The van der Waals surface area contributed by atoms with E-state index < -0.39 is 0 Å². The fraction of sp³-hybridized carbons (Fsp3) is 0.125. The van der Waals surface area contributed by atoms with Crippen molar-refractivity contribution in [1.82, 2.24) is 0 Å². The van der Waals surface area contributed by atoms with Crippen LogP contribution in [0.5, 0.6) is 0 Å². The Kier molecular flexibility index (Phi) is 4.42. The van der Waals surface area contributed by atoms with Gasteiger partial charge in [0, 0.05) is 15.4 Å². The number of nitrogens with one attached hydrogen (secondary N) is 1. The summed E-state index contributed by atoms with van der Waals surface area (Å²) in [5.41, 5.74) is 1.84. The first-order valence-electron chi connectivity index (χ1n) is 6.44. The maximum absolute atomic E-state index is 13.6. The molecule has 1 N–H and O–H groups in total. The molecule has 2 heterocycles. The molecule has 21 heavy (non-hydrogen) atoms. The van der Waals surface area contributed by atoms with E-state index in [9.17, 15) is 4.39 Å². The molecule has 5 heteroatoms. The molecular weight excluding hydrogens is 369 g/mol. The highest BCUT2D eigenvalue weighted by atomic mass is 79.9. The Bertz CT molecular complexity index is 689. The smallest absolute Gasteiger partial charge is 0.137 e. The van der Waals surface area contributed by atoms with Gasteiger partial charge >= 0.3 is 0 Å². The minimum atomic E-state index is -0.234. The zero-order chi connectivity index (χ0) is 14.8. The molecule has 0 aliphatic carbocycles. The number of anilines is 1. The number of aryl methyl sites for hydroxylation is 1. The summed E-state index contributed by atoms with van der Waals surface area (Å²) in [7, 11) is 0. The lowest BCUT2D eigenvalue weighted by atomic mass is 10.1. The molecule has 0 aliphatic heterocycles. The number of benzene rings is 1. The number of hydrogen-bond acceptors (Lipinski definition) is 3. The first kappa shape index (κ1) is 14.8. The van der Waals surface area contributed by atoms with E-state index in [0.29, 0.717) is 4.47 Å². The van der Waals surface area contributed by atoms with E-state index in [1.807, 2.05) is 6.92 Å². The third-order valence-electron chi connectivity index (χ3n) is 3.22. The van der Waals surface area contributed by atoms with E-state index in [1.165, 1.54) is 9.75 Å². The third-order valence-corrected chi connectivity index (χ3v) is 5.70. The van der Waals surface area contributed by atoms with Crippen LogP contribution < -0.4 is 5.32 Å². The molecule has 2 aromatic heterocycles. The van der Waals surface area contributed by atoms with Gasteiger partial charge in [-0.25, -0.2) is 4.39 Å². The topological polar surface area (TPSA) is 12.0 Å². The molecule has 0 amide bonds. The van der Waals surface area contributed by atoms with Gasteiger partial charge in [-0.1, -0.05) is 12.1 Å². The number of halogens is 2. The summed E-state index contributed by atoms with van der Waals surface area (Å²) in [5, 5.41) is 7.69. The average Bonchev–Trinajstić information content (AvgIpc) is 3.14. The van der Waals surface area contributed by atoms with E-state index >= 15 is 0 Å². The summed E-state index contributed by atoms with van der Waals surface area (Å²) in [6.07, 6.45) is 0. The van der Waals surface area contributed by atoms with Crippen molar-refractivity contribution >= 4 is 44.3 Å². The Morgan fingerprint density at radius 1 is 1.10 bits per heavy atom. The van der Waals surface area contributed by atoms with Crippen LogP contribution in [0.1, 0.15) is 21.4 Å². The molecule has 1 aromatic carbocycles. The van der Waals surface area contributed by atoms with Crippen LogP contribution in [0, 0.1) is 12.7 Å². The number of rotatable bonds is 4. The van der Waals surface area contributed by atoms with Gasteiger partial charge in [0.25, 0.3) is 0 Å². The molecule has 0 fully saturated rings. The second kappa shape index (κ2) is 6.30. The van der Waals surface area contributed by atoms with Crippen molar-refractivity contribution in [2.24, 2.45) is 0 Å². The van der Waals surface area contributed by atoms with Crippen LogP contribution >= 0.6 is 38.6 Å². The van der Waals surface area contributed by atoms with Gasteiger partial charge in [-0.3, -0.25) is 0 Å². The molecule has 0 radical (unpaired) electrons. The minimum Gasteiger partial charge on any atom is -0.372 e. The Balaban J connectivity index is 1.98. The van der Waals surface area contributed by atoms with Crippen molar-refractivity contribution in [3.05, 3.63) is 72.8 Å². The molecule has 0 bridgehead atoms. The second-order valence-corrected chi connectivity index (χ2v) is 7.50. The fourth-order valence-corrected chi connectivity index (χ4v) is 4.16. The van der Waals surface area contributed by atoms with Crippen molar-refractivity contribution in [3.8, 4) is 0 Å². The molecule has 0 atom stereocenters. The predicted molar refractivity (Wildman–Crippen MR) is 92.9 cm³/mol. The lowest BCUT2D eigenvalue weighted by Crippen LogP contribution is -2.10. The summed E-state index contributed by atoms with van der Waals surface area (Å²) in [5.74, 6) is -0.234. The van der Waals surface area contributed by atoms with Crippen molar-refractivity contribution in [2.45, 2.75) is 13.0 Å². The highest BCUT2D eigenvalue weighted by molar-refractivity contribution is 9.10. The summed E-state index contributed by atoms with van der Waals surface area (Å²) >= 11 is 6.70. The summed E-state index contributed by atoms with van der Waals surface area (Å²) in [6.45, 7) is 1.91. The van der Waals surface area contributed by atoms with Crippen LogP contribution in [0.15, 0.2) is 51.6 Å². The molecule has 3 aromatic rings. The van der Waals surface area contributed by atoms with Gasteiger partial charge in [0.2, 0.25) is 0 Å². The van der Waals surface area contributed by atoms with Crippen LogP contribution in [0.3, 0.4) is 0 Å². The molecule has 108 valence electrons. The van der Waals surface area contributed by atoms with Gasteiger partial charge in [0.1, 0.15) is 5.82 Å². The molecule has 0 saturated heterocycles. The highest BCUT2D eigenvalue weighted by Crippen LogP contribution is 2.34. The van der Waals surface area contributed by atoms with Gasteiger partial charge in [-0.15, -0.1) is 22.7 Å². The van der Waals surface area contributed by atoms with E-state index in [4.69, 9.17) is 0 Å². The Labute approximate surface area is 139 Å². The van der Waals surface area contributed by atoms with E-state index in [-0.39, 0.29) is 11.9 Å². The largest absolute Gasteiger partial charge is 0.372 e. The van der Waals surface area contributed by atoms with Crippen molar-refractivity contribution in [1.29, 1.82) is 0 Å². The molecule has 1 nitrogen and oxygen atoms in total. The maximum Gasteiger partial charge on any atom is 0.137 e. The first-order chi connectivity index (χ1) is 10.1. The minimum absolute atomic E-state index is 0.0982. The lowest BCUT2D eigenvalue weighted by molar-refractivity contribution is 0.620. The van der Waals surface area contributed by atoms with Crippen molar-refractivity contribution < 1.29 is 4.39 Å². The van der Waals surface area contributed by atoms with Crippen LogP contribution in [-0.4, -0.2) is 0 Å². The van der Waals surface area contributed by atoms with Crippen LogP contribution in [-0.2, 0) is 0 Å². The zero-order valence-corrected chi connectivity index (χ0v) is 14.5. The second-order valence-electron chi connectivity index (χ2n) is 4.69. The Morgan fingerprint density at radius 3 is 2.24 bits per heavy atom. The summed E-state index contributed by atoms with van der Waals surface area (Å²) in [6, 6.07) is 11.8. The van der Waals surface area contributed by atoms with Crippen LogP contribution in [0.25, 0.3) is 0 Å². The molecule has 0 unspecified atom stereocenters. The van der Waals surface area contributed by atoms with Gasteiger partial charge in [-0.05, 0) is 63.4 Å². The van der Waals surface area contributed by atoms with Gasteiger partial charge in [0.15, 0.2) is 0 Å². The zero-order valence-electron chi connectivity index (χ0n) is 11.3. The average molecular weight is 382 g/mol. The van der Waals surface area contributed by atoms with E-state index in [0.717, 1.165) is 11.3 Å². The third kappa shape index (κ3) is 3.20. The lowest BCUT2D eigenvalue weighted by Gasteiger charge is -2.19. The highest BCUT2D eigenvalue weighted by Gasteiger charge is 2.17. The van der Waals surface area contributed by atoms with Gasteiger partial charge in [0.05, 0.1) is 10.5 Å². The van der Waals surface area contributed by atoms with Gasteiger partial charge in [-0.2, -0.15) is 0 Å². The van der Waals surface area contributed by atoms with E-state index in [2.05, 4.69) is 56.3 Å². The summed E-state index contributed by atoms with van der Waals surface area (Å²) in [4.78, 5) is 2.49. The van der Waals surface area contributed by atoms with Crippen LogP contribution in [0.2, 0.25) is 0 Å². The Hall–Kier alpha value is -1.17. The molecule has 0 aliphatic rings. The number of hydrogen-bond donors (Lipinski definition) is 1. The first-order valence-corrected chi connectivity index (χ1v) is 8.99. The quantitative estimate of drug-likeness (QED) is 0.565. The normalized spacial score (nSPS) is 11.0. The van der Waals surface area contributed by atoms with E-state index in [1.54, 1.807) is 34.8 Å². The molecular formula is C16H13BrFNS2. The number of thiophene rings is 2. The fourth-order valence-electron chi connectivity index (χ4n) is 2.15.